The molecule has 0 aliphatic rings. The Morgan fingerprint density at radius 2 is 2.00 bits per heavy atom. The third-order valence-electron chi connectivity index (χ3n) is 3.63. The summed E-state index contributed by atoms with van der Waals surface area (Å²) in [6, 6.07) is 9.72. The molecule has 6 heteroatoms. The Labute approximate surface area is 141 Å². The van der Waals surface area contributed by atoms with Crippen molar-refractivity contribution in [2.45, 2.75) is 40.0 Å². The molecule has 1 aromatic carbocycles. The highest BCUT2D eigenvalue weighted by molar-refractivity contribution is 6.31. The lowest BCUT2D eigenvalue weighted by atomic mass is 10.2. The number of halogens is 1. The summed E-state index contributed by atoms with van der Waals surface area (Å²) in [4.78, 5) is 14.3. The lowest BCUT2D eigenvalue weighted by Crippen LogP contribution is -2.38. The monoisotopic (exact) mass is 335 g/mol. The van der Waals surface area contributed by atoms with E-state index in [1.54, 1.807) is 16.5 Å². The van der Waals surface area contributed by atoms with E-state index in [2.05, 4.69) is 5.10 Å². The summed E-state index contributed by atoms with van der Waals surface area (Å²) in [6.45, 7) is 6.17. The average Bonchev–Trinajstić information content (AvgIpc) is 2.74. The molecule has 0 aliphatic carbocycles. The van der Waals surface area contributed by atoms with Crippen LogP contribution in [0.5, 0.6) is 0 Å². The summed E-state index contributed by atoms with van der Waals surface area (Å²) in [5.41, 5.74) is 2.50. The molecule has 2 aromatic rings. The number of aliphatic hydroxyl groups is 1. The first-order chi connectivity index (χ1) is 10.9. The molecule has 0 aliphatic heterocycles. The van der Waals surface area contributed by atoms with E-state index in [-0.39, 0.29) is 19.0 Å². The number of carbonyl (C=O) groups excluding carboxylic acids is 1. The van der Waals surface area contributed by atoms with Crippen LogP contribution >= 0.6 is 11.6 Å². The molecule has 1 N–H and O–H groups in total. The maximum atomic E-state index is 12.6. The van der Waals surface area contributed by atoms with Crippen LogP contribution < -0.4 is 0 Å². The van der Waals surface area contributed by atoms with Gasteiger partial charge in [0, 0.05) is 13.1 Å². The van der Waals surface area contributed by atoms with Gasteiger partial charge in [-0.1, -0.05) is 41.9 Å². The zero-order valence-electron chi connectivity index (χ0n) is 13.7. The van der Waals surface area contributed by atoms with Crippen molar-refractivity contribution in [3.63, 3.8) is 0 Å². The van der Waals surface area contributed by atoms with Gasteiger partial charge in [0.05, 0.1) is 22.5 Å². The largest absolute Gasteiger partial charge is 0.392 e. The van der Waals surface area contributed by atoms with E-state index in [9.17, 15) is 9.90 Å². The summed E-state index contributed by atoms with van der Waals surface area (Å²) < 4.78 is 1.61. The number of nitrogens with zero attached hydrogens (tertiary/aromatic N) is 3. The molecule has 1 atom stereocenters. The third kappa shape index (κ3) is 4.56. The molecule has 0 radical (unpaired) electrons. The quantitative estimate of drug-likeness (QED) is 0.882. The Morgan fingerprint density at radius 1 is 1.35 bits per heavy atom. The fraction of sp³-hybridized carbons (Fsp3) is 0.412. The lowest BCUT2D eigenvalue weighted by Gasteiger charge is -2.24. The predicted octanol–water partition coefficient (Wildman–Crippen LogP) is 2.56. The molecule has 0 bridgehead atoms. The second kappa shape index (κ2) is 7.62. The van der Waals surface area contributed by atoms with Crippen molar-refractivity contribution >= 4 is 17.5 Å². The molecule has 1 aromatic heterocycles. The van der Waals surface area contributed by atoms with Gasteiger partial charge in [-0.25, -0.2) is 0 Å². The summed E-state index contributed by atoms with van der Waals surface area (Å²) in [7, 11) is 0. The highest BCUT2D eigenvalue weighted by Gasteiger charge is 2.19. The fourth-order valence-corrected chi connectivity index (χ4v) is 2.57. The van der Waals surface area contributed by atoms with Gasteiger partial charge < -0.3 is 10.0 Å². The fourth-order valence-electron chi connectivity index (χ4n) is 2.43. The van der Waals surface area contributed by atoms with Crippen molar-refractivity contribution in [1.82, 2.24) is 14.7 Å². The smallest absolute Gasteiger partial charge is 0.244 e. The van der Waals surface area contributed by atoms with E-state index >= 15 is 0 Å². The Bertz CT molecular complexity index is 668. The number of aryl methyl sites for hydroxylation is 1. The van der Waals surface area contributed by atoms with Gasteiger partial charge in [-0.05, 0) is 26.3 Å². The van der Waals surface area contributed by atoms with E-state index < -0.39 is 6.10 Å². The molecule has 5 nitrogen and oxygen atoms in total. The Hall–Kier alpha value is -1.85. The topological polar surface area (TPSA) is 58.4 Å². The van der Waals surface area contributed by atoms with E-state index in [4.69, 9.17) is 11.6 Å². The van der Waals surface area contributed by atoms with Crippen LogP contribution in [0.4, 0.5) is 0 Å². The first kappa shape index (κ1) is 17.5. The molecule has 1 amide bonds. The SMILES string of the molecule is Cc1nn(CC(=O)N(Cc2ccccc2)CC(C)O)c(C)c1Cl. The Balaban J connectivity index is 2.14. The van der Waals surface area contributed by atoms with Gasteiger partial charge in [0.25, 0.3) is 0 Å². The van der Waals surface area contributed by atoms with E-state index in [1.165, 1.54) is 0 Å². The first-order valence-corrected chi connectivity index (χ1v) is 7.95. The van der Waals surface area contributed by atoms with Crippen LogP contribution in [-0.4, -0.2) is 38.3 Å². The first-order valence-electron chi connectivity index (χ1n) is 7.57. The van der Waals surface area contributed by atoms with Crippen molar-refractivity contribution in [1.29, 1.82) is 0 Å². The number of carbonyl (C=O) groups is 1. The summed E-state index contributed by atoms with van der Waals surface area (Å²) in [5, 5.41) is 14.6. The van der Waals surface area contributed by atoms with Crippen LogP contribution in [0, 0.1) is 13.8 Å². The van der Waals surface area contributed by atoms with Crippen molar-refractivity contribution in [2.24, 2.45) is 0 Å². The number of benzene rings is 1. The molecular weight excluding hydrogens is 314 g/mol. The van der Waals surface area contributed by atoms with Crippen LogP contribution in [0.15, 0.2) is 30.3 Å². The molecule has 0 spiro atoms. The van der Waals surface area contributed by atoms with Crippen LogP contribution in [-0.2, 0) is 17.9 Å². The van der Waals surface area contributed by atoms with Crippen LogP contribution in [0.2, 0.25) is 5.02 Å². The minimum absolute atomic E-state index is 0.1000. The van der Waals surface area contributed by atoms with Gasteiger partial charge in [0.2, 0.25) is 5.91 Å². The summed E-state index contributed by atoms with van der Waals surface area (Å²) in [6.07, 6.45) is -0.591. The standard InChI is InChI=1S/C17H22ClN3O2/c1-12(22)9-20(10-15-7-5-4-6-8-15)16(23)11-21-14(3)17(18)13(2)19-21/h4-8,12,22H,9-11H2,1-3H3. The Kier molecular flexibility index (Phi) is 5.80. The predicted molar refractivity (Wildman–Crippen MR) is 90.3 cm³/mol. The number of hydrogen-bond acceptors (Lipinski definition) is 3. The van der Waals surface area contributed by atoms with E-state index in [0.717, 1.165) is 11.3 Å². The van der Waals surface area contributed by atoms with E-state index in [1.807, 2.05) is 44.2 Å². The van der Waals surface area contributed by atoms with Crippen molar-refractivity contribution in [2.75, 3.05) is 6.54 Å². The molecule has 1 heterocycles. The minimum atomic E-state index is -0.591. The van der Waals surface area contributed by atoms with Crippen LogP contribution in [0.25, 0.3) is 0 Å². The molecule has 23 heavy (non-hydrogen) atoms. The summed E-state index contributed by atoms with van der Waals surface area (Å²) in [5.74, 6) is -0.1000. The molecule has 124 valence electrons. The molecular formula is C17H22ClN3O2. The molecule has 1 unspecified atom stereocenters. The van der Waals surface area contributed by atoms with Crippen molar-refractivity contribution in [3.05, 3.63) is 52.3 Å². The normalized spacial score (nSPS) is 12.2. The number of aromatic nitrogens is 2. The number of rotatable bonds is 6. The Morgan fingerprint density at radius 3 is 2.52 bits per heavy atom. The zero-order valence-corrected chi connectivity index (χ0v) is 14.4. The van der Waals surface area contributed by atoms with Gasteiger partial charge >= 0.3 is 0 Å². The third-order valence-corrected chi connectivity index (χ3v) is 4.18. The molecule has 0 saturated heterocycles. The molecule has 2 rings (SSSR count). The van der Waals surface area contributed by atoms with Gasteiger partial charge in [-0.15, -0.1) is 0 Å². The maximum absolute atomic E-state index is 12.6. The van der Waals surface area contributed by atoms with Gasteiger partial charge in [-0.2, -0.15) is 5.10 Å². The van der Waals surface area contributed by atoms with Crippen molar-refractivity contribution < 1.29 is 9.90 Å². The number of hydrogen-bond donors (Lipinski definition) is 1. The van der Waals surface area contributed by atoms with Crippen molar-refractivity contribution in [3.8, 4) is 0 Å². The number of amides is 1. The van der Waals surface area contributed by atoms with Gasteiger partial charge in [0.1, 0.15) is 6.54 Å². The van der Waals surface area contributed by atoms with Crippen LogP contribution in [0.3, 0.4) is 0 Å². The highest BCUT2D eigenvalue weighted by atomic mass is 35.5. The maximum Gasteiger partial charge on any atom is 0.244 e. The lowest BCUT2D eigenvalue weighted by molar-refractivity contribution is -0.134. The van der Waals surface area contributed by atoms with E-state index in [0.29, 0.717) is 17.3 Å². The second-order valence-electron chi connectivity index (χ2n) is 5.75. The van der Waals surface area contributed by atoms with Crippen LogP contribution in [0.1, 0.15) is 23.9 Å². The minimum Gasteiger partial charge on any atom is -0.392 e. The van der Waals surface area contributed by atoms with Gasteiger partial charge in [0.15, 0.2) is 0 Å². The highest BCUT2D eigenvalue weighted by Crippen LogP contribution is 2.19. The number of aliphatic hydroxyl groups excluding tert-OH is 1. The molecule has 0 fully saturated rings. The zero-order chi connectivity index (χ0) is 17.0. The molecule has 0 saturated carbocycles. The second-order valence-corrected chi connectivity index (χ2v) is 6.13. The average molecular weight is 336 g/mol. The van der Waals surface area contributed by atoms with Gasteiger partial charge in [-0.3, -0.25) is 9.48 Å². The summed E-state index contributed by atoms with van der Waals surface area (Å²) >= 11 is 6.13.